The average molecular weight is 360 g/mol. The molecule has 1 saturated carbocycles. The molecule has 1 aromatic rings. The quantitative estimate of drug-likeness (QED) is 0.707. The third kappa shape index (κ3) is 3.14. The van der Waals surface area contributed by atoms with Gasteiger partial charge < -0.3 is 16.2 Å². The van der Waals surface area contributed by atoms with Gasteiger partial charge in [0.15, 0.2) is 0 Å². The molecule has 18 heavy (non-hydrogen) atoms. The first-order chi connectivity index (χ1) is 8.58. The molecule has 1 aromatic carbocycles. The summed E-state index contributed by atoms with van der Waals surface area (Å²) in [6.07, 6.45) is 4.14. The maximum Gasteiger partial charge on any atom is 0.251 e. The number of nitrogens with two attached hydrogens (primary N) is 1. The Labute approximate surface area is 120 Å². The van der Waals surface area contributed by atoms with Crippen molar-refractivity contribution in [2.75, 3.05) is 0 Å². The van der Waals surface area contributed by atoms with E-state index in [0.29, 0.717) is 5.56 Å². The van der Waals surface area contributed by atoms with Crippen LogP contribution in [0.15, 0.2) is 18.2 Å². The highest BCUT2D eigenvalue weighted by Gasteiger charge is 2.23. The van der Waals surface area contributed by atoms with Crippen molar-refractivity contribution < 1.29 is 9.90 Å². The molecule has 4 N–H and O–H groups in total. The van der Waals surface area contributed by atoms with Crippen LogP contribution in [0, 0.1) is 3.57 Å². The van der Waals surface area contributed by atoms with E-state index in [1.807, 2.05) is 22.6 Å². The number of halogens is 1. The summed E-state index contributed by atoms with van der Waals surface area (Å²) in [7, 11) is 0. The molecular weight excluding hydrogens is 343 g/mol. The number of phenols is 1. The average Bonchev–Trinajstić information content (AvgIpc) is 2.35. The van der Waals surface area contributed by atoms with Crippen LogP contribution in [-0.2, 0) is 0 Å². The number of carbonyl (C=O) groups is 1. The van der Waals surface area contributed by atoms with Crippen LogP contribution in [0.3, 0.4) is 0 Å². The van der Waals surface area contributed by atoms with Crippen LogP contribution in [-0.4, -0.2) is 23.1 Å². The number of rotatable bonds is 2. The zero-order valence-corrected chi connectivity index (χ0v) is 12.2. The predicted molar refractivity (Wildman–Crippen MR) is 78.5 cm³/mol. The predicted octanol–water partition coefficient (Wildman–Crippen LogP) is 2.00. The van der Waals surface area contributed by atoms with Gasteiger partial charge in [-0.05, 0) is 53.6 Å². The summed E-state index contributed by atoms with van der Waals surface area (Å²) in [5, 5.41) is 12.5. The zero-order chi connectivity index (χ0) is 13.1. The molecule has 0 spiro atoms. The molecule has 0 unspecified atom stereocenters. The third-order valence-corrected chi connectivity index (χ3v) is 4.26. The Morgan fingerprint density at radius 2 is 2.11 bits per heavy atom. The molecule has 0 saturated heterocycles. The molecule has 1 aliphatic rings. The van der Waals surface area contributed by atoms with Gasteiger partial charge in [-0.15, -0.1) is 0 Å². The Bertz CT molecular complexity index is 451. The zero-order valence-electron chi connectivity index (χ0n) is 10.0. The van der Waals surface area contributed by atoms with Crippen LogP contribution >= 0.6 is 22.6 Å². The molecule has 1 fully saturated rings. The monoisotopic (exact) mass is 360 g/mol. The minimum absolute atomic E-state index is 0.0418. The summed E-state index contributed by atoms with van der Waals surface area (Å²) in [4.78, 5) is 12.0. The van der Waals surface area contributed by atoms with E-state index >= 15 is 0 Å². The third-order valence-electron chi connectivity index (χ3n) is 3.34. The first-order valence-corrected chi connectivity index (χ1v) is 7.21. The molecule has 0 aromatic heterocycles. The highest BCUT2D eigenvalue weighted by atomic mass is 127. The Balaban J connectivity index is 2.04. The summed E-state index contributed by atoms with van der Waals surface area (Å²) >= 11 is 2.02. The fraction of sp³-hybridized carbons (Fsp3) is 0.462. The fourth-order valence-corrected chi connectivity index (χ4v) is 2.58. The lowest BCUT2D eigenvalue weighted by molar-refractivity contribution is 0.0921. The van der Waals surface area contributed by atoms with Crippen LogP contribution in [0.25, 0.3) is 0 Å². The van der Waals surface area contributed by atoms with Gasteiger partial charge in [0, 0.05) is 17.6 Å². The van der Waals surface area contributed by atoms with Gasteiger partial charge in [0.25, 0.3) is 5.91 Å². The van der Waals surface area contributed by atoms with E-state index in [4.69, 9.17) is 5.73 Å². The van der Waals surface area contributed by atoms with Crippen LogP contribution in [0.5, 0.6) is 5.75 Å². The molecule has 0 radical (unpaired) electrons. The van der Waals surface area contributed by atoms with Crippen molar-refractivity contribution in [1.82, 2.24) is 5.32 Å². The minimum atomic E-state index is -0.163. The number of benzene rings is 1. The number of hydrogen-bond donors (Lipinski definition) is 3. The lowest BCUT2D eigenvalue weighted by atomic mass is 9.91. The summed E-state index contributed by atoms with van der Waals surface area (Å²) in [5.41, 5.74) is 6.47. The normalized spacial score (nSPS) is 23.7. The number of hydrogen-bond acceptors (Lipinski definition) is 3. The Morgan fingerprint density at radius 3 is 2.78 bits per heavy atom. The van der Waals surface area contributed by atoms with Gasteiger partial charge >= 0.3 is 0 Å². The number of carbonyl (C=O) groups excluding carboxylic acids is 1. The van der Waals surface area contributed by atoms with Gasteiger partial charge in [-0.3, -0.25) is 4.79 Å². The smallest absolute Gasteiger partial charge is 0.251 e. The molecular formula is C13H17IN2O2. The maximum atomic E-state index is 12.0. The van der Waals surface area contributed by atoms with Crippen molar-refractivity contribution in [2.45, 2.75) is 37.8 Å². The van der Waals surface area contributed by atoms with Crippen molar-refractivity contribution >= 4 is 28.5 Å². The fourth-order valence-electron chi connectivity index (χ4n) is 2.24. The number of amides is 1. The van der Waals surface area contributed by atoms with E-state index in [1.165, 1.54) is 6.07 Å². The topological polar surface area (TPSA) is 75.3 Å². The second-order valence-corrected chi connectivity index (χ2v) is 5.86. The van der Waals surface area contributed by atoms with E-state index in [1.54, 1.807) is 12.1 Å². The van der Waals surface area contributed by atoms with E-state index in [2.05, 4.69) is 5.32 Å². The summed E-state index contributed by atoms with van der Waals surface area (Å²) < 4.78 is 0.735. The summed E-state index contributed by atoms with van der Waals surface area (Å²) in [5.74, 6) is -0.0276. The SMILES string of the molecule is N[C@@H]1CCCC[C@H]1NC(=O)c1ccc(I)c(O)c1. The van der Waals surface area contributed by atoms with Crippen molar-refractivity contribution in [2.24, 2.45) is 5.73 Å². The molecule has 1 aliphatic carbocycles. The standard InChI is InChI=1S/C13H17IN2O2/c14-9-6-5-8(7-12(9)17)13(18)16-11-4-2-1-3-10(11)15/h5-7,10-11,17H,1-4,15H2,(H,16,18)/t10-,11-/m1/s1. The molecule has 2 rings (SSSR count). The summed E-state index contributed by atoms with van der Waals surface area (Å²) in [6, 6.07) is 5.02. The molecule has 1 amide bonds. The van der Waals surface area contributed by atoms with Gasteiger partial charge in [0.2, 0.25) is 0 Å². The van der Waals surface area contributed by atoms with E-state index in [0.717, 1.165) is 29.3 Å². The molecule has 2 atom stereocenters. The summed E-state index contributed by atoms with van der Waals surface area (Å²) in [6.45, 7) is 0. The van der Waals surface area contributed by atoms with Crippen molar-refractivity contribution in [3.63, 3.8) is 0 Å². The lowest BCUT2D eigenvalue weighted by Crippen LogP contribution is -2.49. The number of aromatic hydroxyl groups is 1. The molecule has 4 nitrogen and oxygen atoms in total. The van der Waals surface area contributed by atoms with Crippen molar-refractivity contribution in [1.29, 1.82) is 0 Å². The van der Waals surface area contributed by atoms with Crippen LogP contribution < -0.4 is 11.1 Å². The van der Waals surface area contributed by atoms with Crippen LogP contribution in [0.2, 0.25) is 0 Å². The lowest BCUT2D eigenvalue weighted by Gasteiger charge is -2.29. The Kier molecular flexibility index (Phi) is 4.45. The van der Waals surface area contributed by atoms with Gasteiger partial charge in [0.1, 0.15) is 5.75 Å². The van der Waals surface area contributed by atoms with Gasteiger partial charge in [-0.25, -0.2) is 0 Å². The van der Waals surface area contributed by atoms with E-state index < -0.39 is 0 Å². The first kappa shape index (κ1) is 13.6. The highest BCUT2D eigenvalue weighted by molar-refractivity contribution is 14.1. The number of nitrogens with one attached hydrogen (secondary N) is 1. The molecule has 0 bridgehead atoms. The van der Waals surface area contributed by atoms with Crippen molar-refractivity contribution in [3.8, 4) is 5.75 Å². The molecule has 0 aliphatic heterocycles. The van der Waals surface area contributed by atoms with Gasteiger partial charge in [0.05, 0.1) is 3.57 Å². The van der Waals surface area contributed by atoms with E-state index in [9.17, 15) is 9.90 Å². The second kappa shape index (κ2) is 5.88. The molecule has 5 heteroatoms. The Morgan fingerprint density at radius 1 is 1.39 bits per heavy atom. The largest absolute Gasteiger partial charge is 0.507 e. The molecule has 98 valence electrons. The van der Waals surface area contributed by atoms with Gasteiger partial charge in [-0.1, -0.05) is 12.8 Å². The molecule has 0 heterocycles. The highest BCUT2D eigenvalue weighted by Crippen LogP contribution is 2.21. The van der Waals surface area contributed by atoms with Gasteiger partial charge in [-0.2, -0.15) is 0 Å². The van der Waals surface area contributed by atoms with Crippen molar-refractivity contribution in [3.05, 3.63) is 27.3 Å². The Hall–Kier alpha value is -0.820. The maximum absolute atomic E-state index is 12.0. The first-order valence-electron chi connectivity index (χ1n) is 6.13. The van der Waals surface area contributed by atoms with Crippen LogP contribution in [0.4, 0.5) is 0 Å². The second-order valence-electron chi connectivity index (χ2n) is 4.69. The minimum Gasteiger partial charge on any atom is -0.507 e. The number of phenolic OH excluding ortho intramolecular Hbond substituents is 1. The van der Waals surface area contributed by atoms with Crippen LogP contribution in [0.1, 0.15) is 36.0 Å². The van der Waals surface area contributed by atoms with E-state index in [-0.39, 0.29) is 23.7 Å².